The topological polar surface area (TPSA) is 56.5 Å². The molecule has 5 nitrogen and oxygen atoms in total. The molecule has 0 saturated heterocycles. The minimum atomic E-state index is -0.232. The highest BCUT2D eigenvalue weighted by atomic mass is 32.2. The van der Waals surface area contributed by atoms with Crippen molar-refractivity contribution in [1.82, 2.24) is 9.55 Å². The van der Waals surface area contributed by atoms with Gasteiger partial charge >= 0.3 is 0 Å². The number of nitrogens with zero attached hydrogens (tertiary/aromatic N) is 3. The van der Waals surface area contributed by atoms with Gasteiger partial charge in [0.25, 0.3) is 5.91 Å². The van der Waals surface area contributed by atoms with Crippen LogP contribution in [0.25, 0.3) is 20.4 Å². The Morgan fingerprint density at radius 1 is 1.25 bits per heavy atom. The number of benzene rings is 2. The molecule has 2 aromatic carbocycles. The summed E-state index contributed by atoms with van der Waals surface area (Å²) in [5, 5.41) is 0. The van der Waals surface area contributed by atoms with Crippen LogP contribution in [0.5, 0.6) is 5.75 Å². The predicted octanol–water partition coefficient (Wildman–Crippen LogP) is 4.82. The lowest BCUT2D eigenvalue weighted by Crippen LogP contribution is -2.18. The number of ether oxygens (including phenoxy) is 1. The molecule has 2 heterocycles. The summed E-state index contributed by atoms with van der Waals surface area (Å²) in [5.74, 6) is 1.55. The first-order valence-corrected chi connectivity index (χ1v) is 12.0. The number of thioether (sulfide) groups is 1. The lowest BCUT2D eigenvalue weighted by molar-refractivity contribution is 0.0998. The van der Waals surface area contributed by atoms with Gasteiger partial charge in [-0.3, -0.25) is 4.79 Å². The molecular weight excluding hydrogens is 410 g/mol. The van der Waals surface area contributed by atoms with Crippen LogP contribution in [0.1, 0.15) is 17.3 Å². The third-order valence-electron chi connectivity index (χ3n) is 4.26. The molecule has 0 spiro atoms. The molecule has 0 unspecified atom stereocenters. The van der Waals surface area contributed by atoms with E-state index in [9.17, 15) is 4.79 Å². The summed E-state index contributed by atoms with van der Waals surface area (Å²) in [5.41, 5.74) is 4.35. The van der Waals surface area contributed by atoms with Crippen molar-refractivity contribution >= 4 is 60.8 Å². The van der Waals surface area contributed by atoms with Gasteiger partial charge in [-0.25, -0.2) is 4.98 Å². The van der Waals surface area contributed by atoms with E-state index in [-0.39, 0.29) is 5.91 Å². The van der Waals surface area contributed by atoms with Crippen molar-refractivity contribution in [3.05, 3.63) is 52.3 Å². The van der Waals surface area contributed by atoms with Gasteiger partial charge in [-0.05, 0) is 49.6 Å². The average molecular weight is 430 g/mol. The highest BCUT2D eigenvalue weighted by Gasteiger charge is 2.11. The molecule has 144 valence electrons. The van der Waals surface area contributed by atoms with Crippen molar-refractivity contribution in [2.45, 2.75) is 13.5 Å². The highest BCUT2D eigenvalue weighted by Crippen LogP contribution is 2.24. The van der Waals surface area contributed by atoms with E-state index in [1.807, 2.05) is 37.3 Å². The molecule has 0 atom stereocenters. The zero-order valence-electron chi connectivity index (χ0n) is 15.5. The number of hydrogen-bond acceptors (Lipinski definition) is 6. The third-order valence-corrected chi connectivity index (χ3v) is 6.68. The van der Waals surface area contributed by atoms with Gasteiger partial charge in [-0.1, -0.05) is 11.3 Å². The van der Waals surface area contributed by atoms with Crippen molar-refractivity contribution in [3.8, 4) is 5.75 Å². The summed E-state index contributed by atoms with van der Waals surface area (Å²) < 4.78 is 9.80. The minimum absolute atomic E-state index is 0.232. The molecule has 0 fully saturated rings. The smallest absolute Gasteiger partial charge is 0.279 e. The van der Waals surface area contributed by atoms with Gasteiger partial charge in [0.05, 0.1) is 32.6 Å². The van der Waals surface area contributed by atoms with Crippen LogP contribution in [0.3, 0.4) is 0 Å². The number of rotatable bonds is 6. The van der Waals surface area contributed by atoms with Gasteiger partial charge < -0.3 is 9.30 Å². The van der Waals surface area contributed by atoms with E-state index < -0.39 is 0 Å². The maximum atomic E-state index is 12.8. The lowest BCUT2D eigenvalue weighted by atomic mass is 10.2. The first kappa shape index (κ1) is 19.2. The first-order chi connectivity index (χ1) is 13.7. The van der Waals surface area contributed by atoms with Gasteiger partial charge in [0.2, 0.25) is 0 Å². The lowest BCUT2D eigenvalue weighted by Gasteiger charge is -2.05. The van der Waals surface area contributed by atoms with Crippen LogP contribution in [-0.2, 0) is 6.54 Å². The number of carbonyl (C=O) groups is 1. The number of fused-ring (bicyclic) bond motifs is 2. The standard InChI is InChI=1S/C20H19N3O2S3/c1-3-25-14-5-7-16-18(11-14)28-20(23(16)8-9-26-2)22-19(24)13-4-6-15-17(10-13)27-12-21-15/h4-7,10-12H,3,8-9H2,1-2H3. The zero-order chi connectivity index (χ0) is 19.5. The number of carbonyl (C=O) groups excluding carboxylic acids is 1. The van der Waals surface area contributed by atoms with Crippen LogP contribution >= 0.6 is 34.4 Å². The van der Waals surface area contributed by atoms with Gasteiger partial charge in [-0.15, -0.1) is 11.3 Å². The van der Waals surface area contributed by atoms with Crippen molar-refractivity contribution in [3.63, 3.8) is 0 Å². The Labute approximate surface area is 174 Å². The zero-order valence-corrected chi connectivity index (χ0v) is 18.0. The van der Waals surface area contributed by atoms with Crippen LogP contribution in [0, 0.1) is 0 Å². The third kappa shape index (κ3) is 3.85. The molecule has 0 aliphatic carbocycles. The second kappa shape index (κ2) is 8.46. The van der Waals surface area contributed by atoms with Crippen LogP contribution in [0.15, 0.2) is 46.9 Å². The molecule has 28 heavy (non-hydrogen) atoms. The molecule has 4 aromatic rings. The molecule has 0 saturated carbocycles. The number of amides is 1. The van der Waals surface area contributed by atoms with Gasteiger partial charge in [0, 0.05) is 17.9 Å². The largest absolute Gasteiger partial charge is 0.494 e. The first-order valence-electron chi connectivity index (χ1n) is 8.87. The second-order valence-corrected chi connectivity index (χ2v) is 8.92. The fourth-order valence-corrected chi connectivity index (χ4v) is 5.10. The second-order valence-electron chi connectivity index (χ2n) is 6.04. The Balaban J connectivity index is 1.78. The molecule has 4 rings (SSSR count). The number of thiazole rings is 2. The van der Waals surface area contributed by atoms with E-state index in [0.717, 1.165) is 38.5 Å². The molecule has 2 aromatic heterocycles. The molecule has 8 heteroatoms. The summed E-state index contributed by atoms with van der Waals surface area (Å²) in [6.45, 7) is 3.39. The Bertz CT molecular complexity index is 1210. The van der Waals surface area contributed by atoms with Crippen molar-refractivity contribution in [2.75, 3.05) is 18.6 Å². The maximum Gasteiger partial charge on any atom is 0.279 e. The maximum absolute atomic E-state index is 12.8. The van der Waals surface area contributed by atoms with Gasteiger partial charge in [0.1, 0.15) is 5.75 Å². The number of aromatic nitrogens is 2. The normalized spacial score (nSPS) is 12.1. The van der Waals surface area contributed by atoms with E-state index in [0.29, 0.717) is 17.0 Å². The van der Waals surface area contributed by atoms with E-state index in [4.69, 9.17) is 4.74 Å². The molecular formula is C20H19N3O2S3. The molecule has 0 aliphatic heterocycles. The average Bonchev–Trinajstić information content (AvgIpc) is 3.29. The molecule has 0 radical (unpaired) electrons. The van der Waals surface area contributed by atoms with Crippen LogP contribution in [0.2, 0.25) is 0 Å². The SMILES string of the molecule is CCOc1ccc2c(c1)sc(=NC(=O)c1ccc3ncsc3c1)n2CCSC. The van der Waals surface area contributed by atoms with Gasteiger partial charge in [0.15, 0.2) is 4.80 Å². The fraction of sp³-hybridized carbons (Fsp3) is 0.250. The summed E-state index contributed by atoms with van der Waals surface area (Å²) in [6, 6.07) is 11.6. The number of aryl methyl sites for hydroxylation is 1. The summed E-state index contributed by atoms with van der Waals surface area (Å²) in [7, 11) is 0. The molecule has 0 aliphatic rings. The number of hydrogen-bond donors (Lipinski definition) is 0. The highest BCUT2D eigenvalue weighted by molar-refractivity contribution is 7.98. The van der Waals surface area contributed by atoms with Crippen molar-refractivity contribution < 1.29 is 9.53 Å². The fourth-order valence-electron chi connectivity index (χ4n) is 2.93. The Hall–Kier alpha value is -2.16. The molecule has 1 amide bonds. The van der Waals surface area contributed by atoms with Gasteiger partial charge in [-0.2, -0.15) is 16.8 Å². The Kier molecular flexibility index (Phi) is 5.79. The predicted molar refractivity (Wildman–Crippen MR) is 119 cm³/mol. The quantitative estimate of drug-likeness (QED) is 0.441. The Morgan fingerprint density at radius 2 is 2.14 bits per heavy atom. The molecule has 0 bridgehead atoms. The van der Waals surface area contributed by atoms with E-state index in [1.54, 1.807) is 23.3 Å². The summed E-state index contributed by atoms with van der Waals surface area (Å²) in [6.07, 6.45) is 2.08. The minimum Gasteiger partial charge on any atom is -0.494 e. The molecule has 0 N–H and O–H groups in total. The van der Waals surface area contributed by atoms with Crippen LogP contribution < -0.4 is 9.54 Å². The van der Waals surface area contributed by atoms with Crippen molar-refractivity contribution in [1.29, 1.82) is 0 Å². The van der Waals surface area contributed by atoms with Crippen molar-refractivity contribution in [2.24, 2.45) is 4.99 Å². The van der Waals surface area contributed by atoms with E-state index in [1.165, 1.54) is 22.7 Å². The monoisotopic (exact) mass is 429 g/mol. The van der Waals surface area contributed by atoms with Crippen LogP contribution in [0.4, 0.5) is 0 Å². The Morgan fingerprint density at radius 3 is 2.96 bits per heavy atom. The summed E-state index contributed by atoms with van der Waals surface area (Å²) in [4.78, 5) is 22.3. The summed E-state index contributed by atoms with van der Waals surface area (Å²) >= 11 is 4.82. The van der Waals surface area contributed by atoms with E-state index in [2.05, 4.69) is 20.8 Å². The van der Waals surface area contributed by atoms with Crippen LogP contribution in [-0.4, -0.2) is 34.1 Å². The van der Waals surface area contributed by atoms with E-state index >= 15 is 0 Å².